The Morgan fingerprint density at radius 2 is 2.17 bits per heavy atom. The lowest BCUT2D eigenvalue weighted by Crippen LogP contribution is -2.31. The van der Waals surface area contributed by atoms with Gasteiger partial charge in [0.15, 0.2) is 0 Å². The van der Waals surface area contributed by atoms with Crippen LogP contribution in [0.5, 0.6) is 0 Å². The van der Waals surface area contributed by atoms with E-state index in [-0.39, 0.29) is 24.3 Å². The Labute approximate surface area is 141 Å². The molecule has 7 nitrogen and oxygen atoms in total. The van der Waals surface area contributed by atoms with Crippen LogP contribution in [0, 0.1) is 5.41 Å². The predicted molar refractivity (Wildman–Crippen MR) is 88.7 cm³/mol. The Morgan fingerprint density at radius 3 is 2.79 bits per heavy atom. The molecular weight excluding hydrogens is 308 g/mol. The summed E-state index contributed by atoms with van der Waals surface area (Å²) in [6, 6.07) is 3.62. The van der Waals surface area contributed by atoms with Gasteiger partial charge in [-0.05, 0) is 24.0 Å². The molecule has 0 saturated heterocycles. The first-order valence-electron chi connectivity index (χ1n) is 7.89. The van der Waals surface area contributed by atoms with Gasteiger partial charge in [0, 0.05) is 25.0 Å². The summed E-state index contributed by atoms with van der Waals surface area (Å²) in [5.41, 5.74) is 0.727. The number of rotatable bonds is 6. The van der Waals surface area contributed by atoms with Crippen LogP contribution in [0.15, 0.2) is 29.0 Å². The lowest BCUT2D eigenvalue weighted by molar-refractivity contribution is -0.133. The maximum absolute atomic E-state index is 12.2. The highest BCUT2D eigenvalue weighted by Crippen LogP contribution is 2.22. The number of hydrogen-bond acceptors (Lipinski definition) is 6. The molecule has 0 saturated carbocycles. The molecule has 2 aromatic heterocycles. The van der Waals surface area contributed by atoms with Gasteiger partial charge in [0.1, 0.15) is 0 Å². The molecular formula is C17H24N4O3. The van der Waals surface area contributed by atoms with Gasteiger partial charge in [0.05, 0.1) is 19.1 Å². The second-order valence-corrected chi connectivity index (χ2v) is 7.13. The zero-order valence-corrected chi connectivity index (χ0v) is 14.6. The van der Waals surface area contributed by atoms with Gasteiger partial charge < -0.3 is 14.5 Å². The first-order chi connectivity index (χ1) is 11.2. The Bertz CT molecular complexity index is 664. The molecule has 7 heteroatoms. The molecule has 0 aliphatic heterocycles. The fourth-order valence-electron chi connectivity index (χ4n) is 2.36. The molecule has 1 N–H and O–H groups in total. The van der Waals surface area contributed by atoms with E-state index in [2.05, 4.69) is 15.1 Å². The van der Waals surface area contributed by atoms with Gasteiger partial charge in [-0.1, -0.05) is 25.9 Å². The number of aliphatic hydroxyl groups excluding tert-OH is 1. The van der Waals surface area contributed by atoms with Crippen LogP contribution in [0.3, 0.4) is 0 Å². The Balaban J connectivity index is 1.91. The predicted octanol–water partition coefficient (Wildman–Crippen LogP) is 2.28. The number of nitrogens with zero attached hydrogens (tertiary/aromatic N) is 4. The average Bonchev–Trinajstić information content (AvgIpc) is 2.94. The summed E-state index contributed by atoms with van der Waals surface area (Å²) in [4.78, 5) is 21.9. The Morgan fingerprint density at radius 1 is 1.42 bits per heavy atom. The second-order valence-electron chi connectivity index (χ2n) is 7.13. The van der Waals surface area contributed by atoms with Crippen molar-refractivity contribution in [3.63, 3.8) is 0 Å². The SMILES string of the molecule is CN(Cc1nc(-c2cccnc2)no1)C(=O)C[C@@H](O)CC(C)(C)C. The fourth-order valence-corrected chi connectivity index (χ4v) is 2.36. The van der Waals surface area contributed by atoms with E-state index < -0.39 is 6.10 Å². The molecule has 0 fully saturated rings. The van der Waals surface area contributed by atoms with Gasteiger partial charge >= 0.3 is 0 Å². The molecule has 0 bridgehead atoms. The number of carbonyl (C=O) groups excluding carboxylic acids is 1. The smallest absolute Gasteiger partial charge is 0.246 e. The lowest BCUT2D eigenvalue weighted by atomic mass is 9.88. The molecule has 0 spiro atoms. The summed E-state index contributed by atoms with van der Waals surface area (Å²) in [5.74, 6) is 0.620. The van der Waals surface area contributed by atoms with Gasteiger partial charge in [0.25, 0.3) is 0 Å². The third-order valence-corrected chi connectivity index (χ3v) is 3.44. The minimum Gasteiger partial charge on any atom is -0.393 e. The summed E-state index contributed by atoms with van der Waals surface area (Å²) in [7, 11) is 1.65. The second kappa shape index (κ2) is 7.53. The fraction of sp³-hybridized carbons (Fsp3) is 0.529. The lowest BCUT2D eigenvalue weighted by Gasteiger charge is -2.23. The summed E-state index contributed by atoms with van der Waals surface area (Å²) in [6.07, 6.45) is 3.30. The molecule has 2 rings (SSSR count). The third kappa shape index (κ3) is 5.42. The van der Waals surface area contributed by atoms with E-state index in [9.17, 15) is 9.90 Å². The zero-order chi connectivity index (χ0) is 17.7. The van der Waals surface area contributed by atoms with Gasteiger partial charge in [-0.15, -0.1) is 0 Å². The van der Waals surface area contributed by atoms with Crippen molar-refractivity contribution in [3.05, 3.63) is 30.4 Å². The molecule has 130 valence electrons. The minimum atomic E-state index is -0.659. The van der Waals surface area contributed by atoms with E-state index >= 15 is 0 Å². The minimum absolute atomic E-state index is 0.0244. The maximum Gasteiger partial charge on any atom is 0.246 e. The van der Waals surface area contributed by atoms with Crippen molar-refractivity contribution in [2.45, 2.75) is 46.3 Å². The molecule has 1 atom stereocenters. The van der Waals surface area contributed by atoms with Gasteiger partial charge in [-0.3, -0.25) is 9.78 Å². The van der Waals surface area contributed by atoms with Crippen molar-refractivity contribution in [1.29, 1.82) is 0 Å². The van der Waals surface area contributed by atoms with Gasteiger partial charge in [-0.25, -0.2) is 0 Å². The number of aromatic nitrogens is 3. The first kappa shape index (κ1) is 18.1. The highest BCUT2D eigenvalue weighted by Gasteiger charge is 2.22. The van der Waals surface area contributed by atoms with Crippen LogP contribution < -0.4 is 0 Å². The van der Waals surface area contributed by atoms with Gasteiger partial charge in [0.2, 0.25) is 17.6 Å². The summed E-state index contributed by atoms with van der Waals surface area (Å²) < 4.78 is 5.18. The van der Waals surface area contributed by atoms with Crippen molar-refractivity contribution in [3.8, 4) is 11.4 Å². The quantitative estimate of drug-likeness (QED) is 0.872. The van der Waals surface area contributed by atoms with Crippen LogP contribution in [0.1, 0.15) is 39.5 Å². The number of hydrogen-bond donors (Lipinski definition) is 1. The third-order valence-electron chi connectivity index (χ3n) is 3.44. The maximum atomic E-state index is 12.2. The van der Waals surface area contributed by atoms with Crippen molar-refractivity contribution >= 4 is 5.91 Å². The van der Waals surface area contributed by atoms with E-state index in [1.165, 1.54) is 4.90 Å². The van der Waals surface area contributed by atoms with Gasteiger partial charge in [-0.2, -0.15) is 4.98 Å². The molecule has 0 aromatic carbocycles. The summed E-state index contributed by atoms with van der Waals surface area (Å²) >= 11 is 0. The number of carbonyl (C=O) groups is 1. The zero-order valence-electron chi connectivity index (χ0n) is 14.6. The van der Waals surface area contributed by atoms with Crippen LogP contribution in [0.4, 0.5) is 0 Å². The van der Waals surface area contributed by atoms with Crippen LogP contribution in [0.2, 0.25) is 0 Å². The van der Waals surface area contributed by atoms with Crippen LogP contribution in [0.25, 0.3) is 11.4 Å². The van der Waals surface area contributed by atoms with E-state index in [4.69, 9.17) is 4.52 Å². The first-order valence-corrected chi connectivity index (χ1v) is 7.89. The van der Waals surface area contributed by atoms with Crippen LogP contribution in [-0.4, -0.2) is 44.2 Å². The van der Waals surface area contributed by atoms with Crippen molar-refractivity contribution in [2.24, 2.45) is 5.41 Å². The van der Waals surface area contributed by atoms with Crippen molar-refractivity contribution in [2.75, 3.05) is 7.05 Å². The largest absolute Gasteiger partial charge is 0.393 e. The van der Waals surface area contributed by atoms with Crippen molar-refractivity contribution in [1.82, 2.24) is 20.0 Å². The molecule has 2 heterocycles. The topological polar surface area (TPSA) is 92.4 Å². The average molecular weight is 332 g/mol. The van der Waals surface area contributed by atoms with E-state index in [0.29, 0.717) is 18.1 Å². The Hall–Kier alpha value is -2.28. The van der Waals surface area contributed by atoms with Crippen molar-refractivity contribution < 1.29 is 14.4 Å². The number of pyridine rings is 1. The molecule has 2 aromatic rings. The molecule has 0 aliphatic carbocycles. The summed E-state index contributed by atoms with van der Waals surface area (Å²) in [6.45, 7) is 6.29. The highest BCUT2D eigenvalue weighted by molar-refractivity contribution is 5.76. The highest BCUT2D eigenvalue weighted by atomic mass is 16.5. The molecule has 0 unspecified atom stereocenters. The molecule has 0 aliphatic rings. The monoisotopic (exact) mass is 332 g/mol. The van der Waals surface area contributed by atoms with E-state index in [0.717, 1.165) is 5.56 Å². The standard InChI is InChI=1S/C17H24N4O3/c1-17(2,3)9-13(22)8-15(23)21(4)11-14-19-16(20-24-14)12-6-5-7-18-10-12/h5-7,10,13,22H,8-9,11H2,1-4H3/t13-/m1/s1. The number of amides is 1. The Kier molecular flexibility index (Phi) is 5.66. The molecule has 1 amide bonds. The van der Waals surface area contributed by atoms with E-state index in [1.807, 2.05) is 26.8 Å². The van der Waals surface area contributed by atoms with E-state index in [1.54, 1.807) is 25.5 Å². The normalized spacial score (nSPS) is 12.9. The molecule has 0 radical (unpaired) electrons. The summed E-state index contributed by atoms with van der Waals surface area (Å²) in [5, 5.41) is 13.9. The van der Waals surface area contributed by atoms with Crippen LogP contribution >= 0.6 is 0 Å². The van der Waals surface area contributed by atoms with Crippen LogP contribution in [-0.2, 0) is 11.3 Å². The molecule has 24 heavy (non-hydrogen) atoms. The number of aliphatic hydroxyl groups is 1.